The van der Waals surface area contributed by atoms with Gasteiger partial charge in [-0.3, -0.25) is 0 Å². The first-order valence-electron chi connectivity index (χ1n) is 6.24. The van der Waals surface area contributed by atoms with Gasteiger partial charge in [0.2, 0.25) is 0 Å². The molecule has 94 valence electrons. The largest absolute Gasteiger partial charge is 0.496 e. The predicted octanol–water partition coefficient (Wildman–Crippen LogP) is 2.89. The van der Waals surface area contributed by atoms with Gasteiger partial charge in [0.15, 0.2) is 0 Å². The first-order valence-corrected chi connectivity index (χ1v) is 6.24. The number of rotatable bonds is 4. The van der Waals surface area contributed by atoms with E-state index in [2.05, 4.69) is 0 Å². The zero-order chi connectivity index (χ0) is 12.3. The van der Waals surface area contributed by atoms with Crippen molar-refractivity contribution >= 4 is 0 Å². The minimum atomic E-state index is 0.0172. The van der Waals surface area contributed by atoms with E-state index in [1.54, 1.807) is 14.2 Å². The van der Waals surface area contributed by atoms with Crippen LogP contribution in [0.5, 0.6) is 11.5 Å². The van der Waals surface area contributed by atoms with Gasteiger partial charge < -0.3 is 15.2 Å². The molecule has 1 fully saturated rings. The number of nitrogens with two attached hydrogens (primary N) is 1. The lowest BCUT2D eigenvalue weighted by Gasteiger charge is -2.23. The number of benzene rings is 1. The molecular formula is C14H21NO2. The van der Waals surface area contributed by atoms with Crippen LogP contribution in [0.15, 0.2) is 18.2 Å². The van der Waals surface area contributed by atoms with E-state index in [9.17, 15) is 0 Å². The van der Waals surface area contributed by atoms with Crippen molar-refractivity contribution in [3.63, 3.8) is 0 Å². The summed E-state index contributed by atoms with van der Waals surface area (Å²) >= 11 is 0. The van der Waals surface area contributed by atoms with Crippen LogP contribution in [-0.2, 0) is 0 Å². The van der Waals surface area contributed by atoms with Gasteiger partial charge >= 0.3 is 0 Å². The van der Waals surface area contributed by atoms with Gasteiger partial charge in [-0.25, -0.2) is 0 Å². The molecule has 0 heterocycles. The Kier molecular flexibility index (Phi) is 3.89. The van der Waals surface area contributed by atoms with E-state index in [-0.39, 0.29) is 6.04 Å². The van der Waals surface area contributed by atoms with Crippen LogP contribution in [0.25, 0.3) is 0 Å². The number of methoxy groups -OCH3 is 2. The molecule has 3 heteroatoms. The molecule has 0 amide bonds. The minimum Gasteiger partial charge on any atom is -0.496 e. The summed E-state index contributed by atoms with van der Waals surface area (Å²) < 4.78 is 10.8. The second kappa shape index (κ2) is 5.41. The third kappa shape index (κ3) is 2.39. The van der Waals surface area contributed by atoms with Crippen molar-refractivity contribution in [1.29, 1.82) is 0 Å². The molecule has 2 rings (SSSR count). The van der Waals surface area contributed by atoms with Crippen LogP contribution in [0.3, 0.4) is 0 Å². The Morgan fingerprint density at radius 1 is 1.12 bits per heavy atom. The van der Waals surface area contributed by atoms with Gasteiger partial charge in [-0.05, 0) is 30.9 Å². The van der Waals surface area contributed by atoms with Crippen molar-refractivity contribution in [3.8, 4) is 11.5 Å². The minimum absolute atomic E-state index is 0.0172. The van der Waals surface area contributed by atoms with Gasteiger partial charge in [0.1, 0.15) is 11.5 Å². The third-order valence-corrected chi connectivity index (χ3v) is 3.71. The third-order valence-electron chi connectivity index (χ3n) is 3.71. The number of ether oxygens (including phenoxy) is 2. The highest BCUT2D eigenvalue weighted by molar-refractivity contribution is 5.47. The van der Waals surface area contributed by atoms with Crippen LogP contribution in [0, 0.1) is 5.92 Å². The molecule has 1 saturated carbocycles. The Balaban J connectivity index is 2.33. The van der Waals surface area contributed by atoms with Gasteiger partial charge in [-0.2, -0.15) is 0 Å². The molecule has 0 bridgehead atoms. The van der Waals surface area contributed by atoms with Crippen LogP contribution in [0.4, 0.5) is 0 Å². The molecule has 1 aliphatic carbocycles. The van der Waals surface area contributed by atoms with Crippen LogP contribution < -0.4 is 15.2 Å². The second-order valence-electron chi connectivity index (χ2n) is 4.65. The molecule has 0 aromatic heterocycles. The molecule has 3 nitrogen and oxygen atoms in total. The summed E-state index contributed by atoms with van der Waals surface area (Å²) in [5.74, 6) is 2.23. The van der Waals surface area contributed by atoms with Crippen LogP contribution in [-0.4, -0.2) is 14.2 Å². The van der Waals surface area contributed by atoms with E-state index in [0.29, 0.717) is 5.92 Å². The molecule has 1 aromatic rings. The second-order valence-corrected chi connectivity index (χ2v) is 4.65. The van der Waals surface area contributed by atoms with Crippen molar-refractivity contribution in [1.82, 2.24) is 0 Å². The van der Waals surface area contributed by atoms with E-state index < -0.39 is 0 Å². The smallest absolute Gasteiger partial charge is 0.127 e. The average molecular weight is 235 g/mol. The molecule has 1 aliphatic rings. The highest BCUT2D eigenvalue weighted by atomic mass is 16.5. The van der Waals surface area contributed by atoms with Crippen molar-refractivity contribution < 1.29 is 9.47 Å². The molecule has 2 N–H and O–H groups in total. The lowest BCUT2D eigenvalue weighted by Crippen LogP contribution is -2.20. The maximum absolute atomic E-state index is 6.39. The Morgan fingerprint density at radius 3 is 2.12 bits per heavy atom. The molecule has 17 heavy (non-hydrogen) atoms. The number of hydrogen-bond donors (Lipinski definition) is 1. The van der Waals surface area contributed by atoms with Gasteiger partial charge in [-0.1, -0.05) is 18.9 Å². The maximum Gasteiger partial charge on any atom is 0.127 e. The maximum atomic E-state index is 6.39. The molecule has 0 aliphatic heterocycles. The molecule has 0 saturated heterocycles. The summed E-state index contributed by atoms with van der Waals surface area (Å²) in [5.41, 5.74) is 7.41. The highest BCUT2D eigenvalue weighted by Gasteiger charge is 2.27. The fourth-order valence-corrected chi connectivity index (χ4v) is 2.76. The summed E-state index contributed by atoms with van der Waals surface area (Å²) in [6.07, 6.45) is 5.00. The molecule has 0 unspecified atom stereocenters. The zero-order valence-electron chi connectivity index (χ0n) is 10.6. The molecule has 1 aromatic carbocycles. The molecule has 1 atom stereocenters. The first kappa shape index (κ1) is 12.2. The van der Waals surface area contributed by atoms with Crippen LogP contribution in [0.1, 0.15) is 37.3 Å². The Labute approximate surface area is 103 Å². The summed E-state index contributed by atoms with van der Waals surface area (Å²) in [7, 11) is 3.36. The van der Waals surface area contributed by atoms with Gasteiger partial charge in [-0.15, -0.1) is 0 Å². The lowest BCUT2D eigenvalue weighted by molar-refractivity contribution is 0.357. The van der Waals surface area contributed by atoms with Gasteiger partial charge in [0.05, 0.1) is 19.8 Å². The fourth-order valence-electron chi connectivity index (χ4n) is 2.76. The standard InChI is InChI=1S/C14H21NO2/c1-16-11-8-5-9-12(17-2)13(11)14(15)10-6-3-4-7-10/h5,8-10,14H,3-4,6-7,15H2,1-2H3/t14-/m0/s1. The molecule has 0 radical (unpaired) electrons. The molecular weight excluding hydrogens is 214 g/mol. The Morgan fingerprint density at radius 2 is 1.65 bits per heavy atom. The van der Waals surface area contributed by atoms with Crippen molar-refractivity contribution in [2.24, 2.45) is 11.7 Å². The summed E-state index contributed by atoms with van der Waals surface area (Å²) in [4.78, 5) is 0. The van der Waals surface area contributed by atoms with E-state index >= 15 is 0 Å². The monoisotopic (exact) mass is 235 g/mol. The Bertz CT molecular complexity index is 350. The van der Waals surface area contributed by atoms with Crippen molar-refractivity contribution in [3.05, 3.63) is 23.8 Å². The lowest BCUT2D eigenvalue weighted by atomic mass is 9.91. The van der Waals surface area contributed by atoms with E-state index in [1.165, 1.54) is 25.7 Å². The number of hydrogen-bond acceptors (Lipinski definition) is 3. The van der Waals surface area contributed by atoms with Gasteiger partial charge in [0, 0.05) is 6.04 Å². The highest BCUT2D eigenvalue weighted by Crippen LogP contribution is 2.41. The topological polar surface area (TPSA) is 44.5 Å². The van der Waals surface area contributed by atoms with E-state index in [1.807, 2.05) is 18.2 Å². The van der Waals surface area contributed by atoms with Gasteiger partial charge in [0.25, 0.3) is 0 Å². The van der Waals surface area contributed by atoms with Crippen molar-refractivity contribution in [2.45, 2.75) is 31.7 Å². The Hall–Kier alpha value is -1.22. The van der Waals surface area contributed by atoms with Crippen molar-refractivity contribution in [2.75, 3.05) is 14.2 Å². The molecule has 0 spiro atoms. The van der Waals surface area contributed by atoms with Crippen LogP contribution >= 0.6 is 0 Å². The predicted molar refractivity (Wildman–Crippen MR) is 68.4 cm³/mol. The summed E-state index contributed by atoms with van der Waals surface area (Å²) in [6, 6.07) is 5.85. The summed E-state index contributed by atoms with van der Waals surface area (Å²) in [6.45, 7) is 0. The normalized spacial score (nSPS) is 18.1. The zero-order valence-corrected chi connectivity index (χ0v) is 10.6. The quantitative estimate of drug-likeness (QED) is 0.872. The fraction of sp³-hybridized carbons (Fsp3) is 0.571. The average Bonchev–Trinajstić information content (AvgIpc) is 2.90. The summed E-state index contributed by atoms with van der Waals surface area (Å²) in [5, 5.41) is 0. The van der Waals surface area contributed by atoms with E-state index in [4.69, 9.17) is 15.2 Å². The van der Waals surface area contributed by atoms with E-state index in [0.717, 1.165) is 17.1 Å². The first-order chi connectivity index (χ1) is 8.27. The van der Waals surface area contributed by atoms with Crippen LogP contribution in [0.2, 0.25) is 0 Å². The SMILES string of the molecule is COc1cccc(OC)c1[C@@H](N)C1CCCC1.